The molecule has 2 aliphatic rings. The number of hydrogen-bond donors (Lipinski definition) is 2. The highest BCUT2D eigenvalue weighted by Crippen LogP contribution is 2.45. The molecule has 0 bridgehead atoms. The third-order valence-corrected chi connectivity index (χ3v) is 7.89. The Kier molecular flexibility index (Phi) is 7.92. The highest BCUT2D eigenvalue weighted by atomic mass is 19.1. The fourth-order valence-corrected chi connectivity index (χ4v) is 5.43. The van der Waals surface area contributed by atoms with Crippen molar-refractivity contribution in [1.29, 1.82) is 0 Å². The second-order valence-corrected chi connectivity index (χ2v) is 11.3. The summed E-state index contributed by atoms with van der Waals surface area (Å²) in [6.45, 7) is 2.83. The molecule has 9 nitrogen and oxygen atoms in total. The van der Waals surface area contributed by atoms with E-state index >= 15 is 0 Å². The summed E-state index contributed by atoms with van der Waals surface area (Å²) in [5, 5.41) is 6.83. The highest BCUT2D eigenvalue weighted by Gasteiger charge is 2.31. The van der Waals surface area contributed by atoms with E-state index < -0.39 is 11.6 Å². The van der Waals surface area contributed by atoms with E-state index in [-0.39, 0.29) is 23.3 Å². The molecule has 0 unspecified atom stereocenters. The van der Waals surface area contributed by atoms with Gasteiger partial charge in [0.05, 0.1) is 11.7 Å². The topological polar surface area (TPSA) is 99.2 Å². The van der Waals surface area contributed by atoms with E-state index in [9.17, 15) is 13.6 Å². The number of carbonyl (C=O) groups excluding carboxylic acids is 1. The lowest BCUT2D eigenvalue weighted by atomic mass is 9.95. The molecule has 2 fully saturated rings. The maximum absolute atomic E-state index is 14.3. The van der Waals surface area contributed by atoms with Crippen LogP contribution in [0.4, 0.5) is 26.1 Å². The number of rotatable bonds is 9. The Labute approximate surface area is 243 Å². The van der Waals surface area contributed by atoms with Gasteiger partial charge in [-0.15, -0.1) is 0 Å². The molecule has 0 radical (unpaired) electrons. The van der Waals surface area contributed by atoms with Gasteiger partial charge in [0.25, 0.3) is 0 Å². The number of aromatic nitrogens is 4. The lowest BCUT2D eigenvalue weighted by Gasteiger charge is -2.33. The zero-order valence-corrected chi connectivity index (χ0v) is 23.8. The van der Waals surface area contributed by atoms with E-state index in [0.717, 1.165) is 54.5 Å². The normalized spacial score (nSPS) is 15.8. The van der Waals surface area contributed by atoms with Crippen LogP contribution in [0.2, 0.25) is 0 Å². The molecule has 1 aliphatic heterocycles. The summed E-state index contributed by atoms with van der Waals surface area (Å²) in [5.74, 6) is 0.672. The monoisotopic (exact) mass is 572 g/mol. The average Bonchev–Trinajstić information content (AvgIpc) is 3.84. The van der Waals surface area contributed by atoms with Crippen molar-refractivity contribution in [2.45, 2.75) is 31.6 Å². The van der Waals surface area contributed by atoms with Crippen LogP contribution in [-0.4, -0.2) is 71.0 Å². The fraction of sp³-hybridized carbons (Fsp3) is 0.387. The molecule has 11 heteroatoms. The van der Waals surface area contributed by atoms with Crippen molar-refractivity contribution in [3.05, 3.63) is 66.1 Å². The summed E-state index contributed by atoms with van der Waals surface area (Å²) in [7, 11) is 3.98. The van der Waals surface area contributed by atoms with Crippen LogP contribution >= 0.6 is 0 Å². The number of likely N-dealkylation sites (N-methyl/N-ethyl adjacent to an activating group) is 1. The smallest absolute Gasteiger partial charge is 0.223 e. The molecule has 3 aromatic heterocycles. The SMILES string of the molecule is CN(C)CCNC(=O)C1CCN(c2nc(-c3ccnc(Nc4c(F)cccc4F)c3)nc3cncc(C4CC4)c23)CC1. The summed E-state index contributed by atoms with van der Waals surface area (Å²) in [6, 6.07) is 7.15. The maximum atomic E-state index is 14.3. The van der Waals surface area contributed by atoms with Gasteiger partial charge in [-0.2, -0.15) is 0 Å². The predicted octanol–water partition coefficient (Wildman–Crippen LogP) is 4.88. The zero-order chi connectivity index (χ0) is 29.2. The number of piperidine rings is 1. The Morgan fingerprint density at radius 3 is 2.52 bits per heavy atom. The number of nitrogens with zero attached hydrogens (tertiary/aromatic N) is 6. The number of anilines is 3. The van der Waals surface area contributed by atoms with Crippen LogP contribution in [0.3, 0.4) is 0 Å². The van der Waals surface area contributed by atoms with Crippen molar-refractivity contribution in [1.82, 2.24) is 30.2 Å². The highest BCUT2D eigenvalue weighted by molar-refractivity contribution is 5.94. The number of amides is 1. The summed E-state index contributed by atoms with van der Waals surface area (Å²) in [4.78, 5) is 35.8. The summed E-state index contributed by atoms with van der Waals surface area (Å²) >= 11 is 0. The van der Waals surface area contributed by atoms with Gasteiger partial charge in [-0.25, -0.2) is 23.7 Å². The van der Waals surface area contributed by atoms with Crippen molar-refractivity contribution in [3.63, 3.8) is 0 Å². The molecule has 1 saturated carbocycles. The molecule has 1 amide bonds. The number of halogens is 2. The van der Waals surface area contributed by atoms with Gasteiger partial charge in [0.1, 0.15) is 29.0 Å². The number of para-hydroxylation sites is 1. The summed E-state index contributed by atoms with van der Waals surface area (Å²) in [5.41, 5.74) is 2.28. The predicted molar refractivity (Wildman–Crippen MR) is 159 cm³/mol. The minimum atomic E-state index is -0.708. The second kappa shape index (κ2) is 11.9. The van der Waals surface area contributed by atoms with Gasteiger partial charge in [0.2, 0.25) is 5.91 Å². The van der Waals surface area contributed by atoms with Crippen LogP contribution in [0, 0.1) is 17.6 Å². The van der Waals surface area contributed by atoms with E-state index in [1.807, 2.05) is 25.2 Å². The third-order valence-electron chi connectivity index (χ3n) is 7.89. The number of fused-ring (bicyclic) bond motifs is 1. The molecule has 1 aliphatic carbocycles. The van der Waals surface area contributed by atoms with E-state index in [2.05, 4.69) is 25.5 Å². The first-order valence-corrected chi connectivity index (χ1v) is 14.4. The molecule has 0 spiro atoms. The Morgan fingerprint density at radius 1 is 1.05 bits per heavy atom. The van der Waals surface area contributed by atoms with E-state index in [1.165, 1.54) is 18.2 Å². The summed E-state index contributed by atoms with van der Waals surface area (Å²) in [6.07, 6.45) is 8.94. The molecular formula is C31H34F2N8O. The Bertz CT molecular complexity index is 1580. The molecule has 2 N–H and O–H groups in total. The van der Waals surface area contributed by atoms with E-state index in [1.54, 1.807) is 24.5 Å². The van der Waals surface area contributed by atoms with Gasteiger partial charge in [0, 0.05) is 55.4 Å². The Balaban J connectivity index is 1.30. The van der Waals surface area contributed by atoms with Gasteiger partial charge in [0.15, 0.2) is 5.82 Å². The van der Waals surface area contributed by atoms with Gasteiger partial charge in [-0.1, -0.05) is 6.07 Å². The van der Waals surface area contributed by atoms with Gasteiger partial charge >= 0.3 is 0 Å². The standard InChI is InChI=1S/C31H34F2N8O/c1-40(2)15-12-36-31(42)20-9-13-41(14-10-20)30-27-22(19-6-7-19)17-34-18-25(27)37-29(39-30)21-8-11-35-26(16-21)38-28-23(32)4-3-5-24(28)33/h3-5,8,11,16-20H,6-7,9-10,12-15H2,1-2H3,(H,35,38)(H,36,42). The molecule has 6 rings (SSSR count). The van der Waals surface area contributed by atoms with Crippen molar-refractivity contribution in [2.75, 3.05) is 50.5 Å². The third kappa shape index (κ3) is 6.01. The van der Waals surface area contributed by atoms with Crippen molar-refractivity contribution < 1.29 is 13.6 Å². The van der Waals surface area contributed by atoms with Crippen LogP contribution in [-0.2, 0) is 4.79 Å². The number of nitrogens with one attached hydrogen (secondary N) is 2. The molecule has 218 valence electrons. The molecule has 4 aromatic rings. The molecule has 4 heterocycles. The maximum Gasteiger partial charge on any atom is 0.223 e. The van der Waals surface area contributed by atoms with Crippen LogP contribution in [0.15, 0.2) is 48.9 Å². The van der Waals surface area contributed by atoms with Crippen molar-refractivity contribution in [2.24, 2.45) is 5.92 Å². The van der Waals surface area contributed by atoms with Gasteiger partial charge < -0.3 is 20.4 Å². The average molecular weight is 573 g/mol. The summed E-state index contributed by atoms with van der Waals surface area (Å²) < 4.78 is 28.6. The van der Waals surface area contributed by atoms with Crippen molar-refractivity contribution >= 4 is 34.1 Å². The minimum Gasteiger partial charge on any atom is -0.356 e. The molecule has 1 saturated heterocycles. The van der Waals surface area contributed by atoms with Crippen LogP contribution in [0.5, 0.6) is 0 Å². The van der Waals surface area contributed by atoms with Crippen LogP contribution in [0.1, 0.15) is 37.2 Å². The molecule has 0 atom stereocenters. The van der Waals surface area contributed by atoms with Crippen LogP contribution in [0.25, 0.3) is 22.3 Å². The quantitative estimate of drug-likeness (QED) is 0.293. The lowest BCUT2D eigenvalue weighted by molar-refractivity contribution is -0.125. The second-order valence-electron chi connectivity index (χ2n) is 11.3. The first-order valence-electron chi connectivity index (χ1n) is 14.4. The molecule has 1 aromatic carbocycles. The van der Waals surface area contributed by atoms with E-state index in [0.29, 0.717) is 36.9 Å². The largest absolute Gasteiger partial charge is 0.356 e. The Hall–Kier alpha value is -4.25. The first kappa shape index (κ1) is 27.9. The van der Waals surface area contributed by atoms with Gasteiger partial charge in [-0.05, 0) is 75.5 Å². The number of hydrogen-bond acceptors (Lipinski definition) is 8. The number of pyridine rings is 2. The van der Waals surface area contributed by atoms with Gasteiger partial charge in [-0.3, -0.25) is 9.78 Å². The molecular weight excluding hydrogens is 538 g/mol. The number of benzene rings is 1. The fourth-order valence-electron chi connectivity index (χ4n) is 5.43. The zero-order valence-electron chi connectivity index (χ0n) is 23.8. The van der Waals surface area contributed by atoms with Crippen LogP contribution < -0.4 is 15.5 Å². The first-order chi connectivity index (χ1) is 20.4. The minimum absolute atomic E-state index is 0.0341. The molecule has 42 heavy (non-hydrogen) atoms. The van der Waals surface area contributed by atoms with Crippen molar-refractivity contribution in [3.8, 4) is 11.4 Å². The van der Waals surface area contributed by atoms with E-state index in [4.69, 9.17) is 9.97 Å². The number of carbonyl (C=O) groups is 1. The lowest BCUT2D eigenvalue weighted by Crippen LogP contribution is -2.42. The Morgan fingerprint density at radius 2 is 1.81 bits per heavy atom.